The van der Waals surface area contributed by atoms with Crippen LogP contribution in [0.25, 0.3) is 0 Å². The van der Waals surface area contributed by atoms with Crippen molar-refractivity contribution >= 4 is 11.8 Å². The van der Waals surface area contributed by atoms with Crippen molar-refractivity contribution in [2.75, 3.05) is 6.54 Å². The van der Waals surface area contributed by atoms with E-state index in [1.807, 2.05) is 0 Å². The number of hydrogen-bond acceptors (Lipinski definition) is 3. The second-order valence-corrected chi connectivity index (χ2v) is 3.86. The first kappa shape index (κ1) is 11.2. The normalized spacial score (nSPS) is 20.4. The highest BCUT2D eigenvalue weighted by molar-refractivity contribution is 5.99. The molecule has 0 amide bonds. The van der Waals surface area contributed by atoms with Gasteiger partial charge >= 0.3 is 5.97 Å². The van der Waals surface area contributed by atoms with Crippen LogP contribution >= 0.6 is 0 Å². The number of rotatable bonds is 4. The number of nitrogens with two attached hydrogens (primary N) is 1. The third kappa shape index (κ3) is 2.54. The smallest absolute Gasteiger partial charge is 0.315 e. The van der Waals surface area contributed by atoms with E-state index in [9.17, 15) is 9.59 Å². The van der Waals surface area contributed by atoms with Gasteiger partial charge in [-0.3, -0.25) is 9.59 Å². The molecule has 0 heterocycles. The lowest BCUT2D eigenvalue weighted by Gasteiger charge is -2.22. The van der Waals surface area contributed by atoms with Crippen molar-refractivity contribution in [2.24, 2.45) is 17.6 Å². The van der Waals surface area contributed by atoms with E-state index in [4.69, 9.17) is 10.8 Å². The molecule has 1 rings (SSSR count). The summed E-state index contributed by atoms with van der Waals surface area (Å²) in [5, 5.41) is 8.77. The predicted molar refractivity (Wildman–Crippen MR) is 51.8 cm³/mol. The zero-order valence-electron chi connectivity index (χ0n) is 8.24. The van der Waals surface area contributed by atoms with Crippen molar-refractivity contribution in [1.82, 2.24) is 0 Å². The first-order chi connectivity index (χ1) is 6.66. The Bertz CT molecular complexity index is 221. The van der Waals surface area contributed by atoms with Gasteiger partial charge in [-0.05, 0) is 12.8 Å². The molecule has 1 atom stereocenters. The first-order valence-electron chi connectivity index (χ1n) is 5.13. The minimum absolute atomic E-state index is 0.0617. The van der Waals surface area contributed by atoms with E-state index in [0.717, 1.165) is 32.1 Å². The number of carboxylic acid groups (broad SMARTS) is 1. The molecule has 14 heavy (non-hydrogen) atoms. The molecule has 0 radical (unpaired) electrons. The monoisotopic (exact) mass is 199 g/mol. The maximum absolute atomic E-state index is 11.7. The standard InChI is InChI=1S/C10H17NO3/c11-6-8(10(13)14)9(12)7-4-2-1-3-5-7/h7-8H,1-6,11H2,(H,13,14). The van der Waals surface area contributed by atoms with Crippen molar-refractivity contribution in [1.29, 1.82) is 0 Å². The number of hydrogen-bond donors (Lipinski definition) is 2. The molecule has 4 heteroatoms. The van der Waals surface area contributed by atoms with Crippen LogP contribution in [0.1, 0.15) is 32.1 Å². The number of Topliss-reactive ketones (excluding diaryl/α,β-unsaturated/α-hetero) is 1. The van der Waals surface area contributed by atoms with Crippen LogP contribution in [0.15, 0.2) is 0 Å². The summed E-state index contributed by atoms with van der Waals surface area (Å²) in [5.41, 5.74) is 5.28. The number of ketones is 1. The summed E-state index contributed by atoms with van der Waals surface area (Å²) in [6, 6.07) is 0. The Kier molecular flexibility index (Phi) is 4.07. The van der Waals surface area contributed by atoms with Crippen LogP contribution in [-0.4, -0.2) is 23.4 Å². The van der Waals surface area contributed by atoms with Crippen LogP contribution in [0.5, 0.6) is 0 Å². The van der Waals surface area contributed by atoms with Crippen LogP contribution in [0.2, 0.25) is 0 Å². The molecule has 1 saturated carbocycles. The highest BCUT2D eigenvalue weighted by atomic mass is 16.4. The van der Waals surface area contributed by atoms with E-state index in [1.54, 1.807) is 0 Å². The van der Waals surface area contributed by atoms with Gasteiger partial charge in [-0.2, -0.15) is 0 Å². The number of carboxylic acids is 1. The molecule has 0 saturated heterocycles. The lowest BCUT2D eigenvalue weighted by atomic mass is 9.81. The molecule has 80 valence electrons. The molecule has 1 unspecified atom stereocenters. The topological polar surface area (TPSA) is 80.4 Å². The lowest BCUT2D eigenvalue weighted by Crippen LogP contribution is -2.36. The third-order valence-electron chi connectivity index (χ3n) is 2.88. The molecule has 0 aromatic heterocycles. The second-order valence-electron chi connectivity index (χ2n) is 3.86. The van der Waals surface area contributed by atoms with E-state index in [1.165, 1.54) is 0 Å². The zero-order valence-corrected chi connectivity index (χ0v) is 8.24. The summed E-state index contributed by atoms with van der Waals surface area (Å²) in [7, 11) is 0. The Labute approximate surface area is 83.5 Å². The average Bonchev–Trinajstić information content (AvgIpc) is 2.19. The number of carbonyl (C=O) groups excluding carboxylic acids is 1. The van der Waals surface area contributed by atoms with Crippen LogP contribution in [0, 0.1) is 11.8 Å². The Hall–Kier alpha value is -0.900. The largest absolute Gasteiger partial charge is 0.481 e. The highest BCUT2D eigenvalue weighted by Crippen LogP contribution is 2.26. The van der Waals surface area contributed by atoms with E-state index in [0.29, 0.717) is 0 Å². The molecule has 0 aromatic rings. The van der Waals surface area contributed by atoms with Gasteiger partial charge < -0.3 is 10.8 Å². The van der Waals surface area contributed by atoms with Gasteiger partial charge in [0.1, 0.15) is 5.92 Å². The summed E-state index contributed by atoms with van der Waals surface area (Å²) in [6.45, 7) is -0.0787. The van der Waals surface area contributed by atoms with Crippen molar-refractivity contribution < 1.29 is 14.7 Å². The maximum atomic E-state index is 11.7. The Balaban J connectivity index is 2.56. The Morgan fingerprint density at radius 2 is 1.86 bits per heavy atom. The van der Waals surface area contributed by atoms with E-state index >= 15 is 0 Å². The summed E-state index contributed by atoms with van der Waals surface area (Å²) in [6.07, 6.45) is 4.90. The minimum Gasteiger partial charge on any atom is -0.481 e. The first-order valence-corrected chi connectivity index (χ1v) is 5.13. The molecule has 0 aliphatic heterocycles. The van der Waals surface area contributed by atoms with Crippen LogP contribution in [0.3, 0.4) is 0 Å². The zero-order chi connectivity index (χ0) is 10.6. The minimum atomic E-state index is -1.08. The van der Waals surface area contributed by atoms with E-state index in [2.05, 4.69) is 0 Å². The van der Waals surface area contributed by atoms with E-state index in [-0.39, 0.29) is 18.2 Å². The molecule has 0 aromatic carbocycles. The van der Waals surface area contributed by atoms with Crippen molar-refractivity contribution in [3.05, 3.63) is 0 Å². The van der Waals surface area contributed by atoms with Gasteiger partial charge in [-0.1, -0.05) is 19.3 Å². The van der Waals surface area contributed by atoms with Crippen LogP contribution in [-0.2, 0) is 9.59 Å². The fourth-order valence-corrected chi connectivity index (χ4v) is 2.01. The van der Waals surface area contributed by atoms with Gasteiger partial charge in [0, 0.05) is 12.5 Å². The van der Waals surface area contributed by atoms with Gasteiger partial charge in [0.05, 0.1) is 0 Å². The van der Waals surface area contributed by atoms with Gasteiger partial charge in [-0.15, -0.1) is 0 Å². The summed E-state index contributed by atoms with van der Waals surface area (Å²) in [4.78, 5) is 22.4. The fourth-order valence-electron chi connectivity index (χ4n) is 2.01. The highest BCUT2D eigenvalue weighted by Gasteiger charge is 2.31. The van der Waals surface area contributed by atoms with Gasteiger partial charge in [-0.25, -0.2) is 0 Å². The van der Waals surface area contributed by atoms with Crippen molar-refractivity contribution in [2.45, 2.75) is 32.1 Å². The van der Waals surface area contributed by atoms with Gasteiger partial charge in [0.2, 0.25) is 0 Å². The van der Waals surface area contributed by atoms with E-state index < -0.39 is 11.9 Å². The molecular formula is C10H17NO3. The van der Waals surface area contributed by atoms with Crippen LogP contribution < -0.4 is 5.73 Å². The Morgan fingerprint density at radius 1 is 1.29 bits per heavy atom. The second kappa shape index (κ2) is 5.10. The van der Waals surface area contributed by atoms with Gasteiger partial charge in [0.25, 0.3) is 0 Å². The molecule has 1 aliphatic rings. The van der Waals surface area contributed by atoms with Gasteiger partial charge in [0.15, 0.2) is 5.78 Å². The van der Waals surface area contributed by atoms with Crippen LogP contribution in [0.4, 0.5) is 0 Å². The molecule has 1 fully saturated rings. The average molecular weight is 199 g/mol. The number of carbonyl (C=O) groups is 2. The fraction of sp³-hybridized carbons (Fsp3) is 0.800. The SMILES string of the molecule is NCC(C(=O)O)C(=O)C1CCCCC1. The number of aliphatic carboxylic acids is 1. The third-order valence-corrected chi connectivity index (χ3v) is 2.88. The molecular weight excluding hydrogens is 182 g/mol. The summed E-state index contributed by atoms with van der Waals surface area (Å²) >= 11 is 0. The van der Waals surface area contributed by atoms with Crippen molar-refractivity contribution in [3.63, 3.8) is 0 Å². The molecule has 1 aliphatic carbocycles. The molecule has 0 spiro atoms. The quantitative estimate of drug-likeness (QED) is 0.656. The molecule has 4 nitrogen and oxygen atoms in total. The molecule has 0 bridgehead atoms. The summed E-state index contributed by atoms with van der Waals surface area (Å²) in [5.74, 6) is -2.30. The summed E-state index contributed by atoms with van der Waals surface area (Å²) < 4.78 is 0. The molecule has 3 N–H and O–H groups in total. The Morgan fingerprint density at radius 3 is 2.29 bits per heavy atom. The lowest BCUT2D eigenvalue weighted by molar-refractivity contribution is -0.147. The maximum Gasteiger partial charge on any atom is 0.315 e. The van der Waals surface area contributed by atoms with Crippen molar-refractivity contribution in [3.8, 4) is 0 Å². The predicted octanol–water partition coefficient (Wildman–Crippen LogP) is 0.795.